The molecule has 10 heteroatoms. The summed E-state index contributed by atoms with van der Waals surface area (Å²) in [6, 6.07) is 13.3. The summed E-state index contributed by atoms with van der Waals surface area (Å²) in [5, 5.41) is 30.6. The first kappa shape index (κ1) is 25.3. The molecule has 0 atom stereocenters. The van der Waals surface area contributed by atoms with Crippen LogP contribution in [0.4, 0.5) is 5.69 Å². The fraction of sp³-hybridized carbons (Fsp3) is 0.292. The van der Waals surface area contributed by atoms with Gasteiger partial charge in [-0.1, -0.05) is 24.3 Å². The average Bonchev–Trinajstić information content (AvgIpc) is 2.94. The van der Waals surface area contributed by atoms with E-state index in [0.29, 0.717) is 30.4 Å². The van der Waals surface area contributed by atoms with E-state index in [2.05, 4.69) is 4.72 Å². The van der Waals surface area contributed by atoms with E-state index in [9.17, 15) is 33.5 Å². The Kier molecular flexibility index (Phi) is 7.35. The first-order valence-electron chi connectivity index (χ1n) is 10.7. The van der Waals surface area contributed by atoms with Gasteiger partial charge in [0.1, 0.15) is 0 Å². The number of nitro groups is 1. The fourth-order valence-corrected chi connectivity index (χ4v) is 4.77. The van der Waals surface area contributed by atoms with Crippen LogP contribution in [0, 0.1) is 10.1 Å². The number of carbonyl (C=O) groups is 1. The maximum Gasteiger partial charge on any atom is 0.336 e. The summed E-state index contributed by atoms with van der Waals surface area (Å²) < 4.78 is 27.2. The second-order valence-corrected chi connectivity index (χ2v) is 10.3. The molecule has 0 bridgehead atoms. The van der Waals surface area contributed by atoms with Crippen molar-refractivity contribution in [2.45, 2.75) is 43.6 Å². The molecular weight excluding hydrogens is 460 g/mol. The number of aromatic carboxylic acids is 1. The molecule has 0 saturated carbocycles. The molecule has 0 heterocycles. The largest absolute Gasteiger partial charge is 0.478 e. The lowest BCUT2D eigenvalue weighted by atomic mass is 10.0. The van der Waals surface area contributed by atoms with E-state index in [4.69, 9.17) is 0 Å². The molecule has 1 aromatic carbocycles. The summed E-state index contributed by atoms with van der Waals surface area (Å²) in [6.45, 7) is 3.48. The van der Waals surface area contributed by atoms with Crippen LogP contribution < -0.4 is 4.72 Å². The van der Waals surface area contributed by atoms with E-state index in [1.54, 1.807) is 38.1 Å². The third-order valence-electron chi connectivity index (χ3n) is 5.56. The number of nitrogens with one attached hydrogen (secondary N) is 1. The summed E-state index contributed by atoms with van der Waals surface area (Å²) >= 11 is 0. The van der Waals surface area contributed by atoms with Crippen LogP contribution >= 0.6 is 0 Å². The number of aryl methyl sites for hydroxylation is 1. The number of benzene rings is 1. The van der Waals surface area contributed by atoms with Crippen LogP contribution in [0.15, 0.2) is 59.5 Å². The predicted octanol–water partition coefficient (Wildman–Crippen LogP) is 3.93. The van der Waals surface area contributed by atoms with Gasteiger partial charge in [-0.3, -0.25) is 10.1 Å². The molecule has 0 spiro atoms. The third kappa shape index (κ3) is 5.77. The Morgan fingerprint density at radius 1 is 1.03 bits per heavy atom. The minimum absolute atomic E-state index is 0.0543. The maximum atomic E-state index is 12.4. The number of sulfonamides is 1. The summed E-state index contributed by atoms with van der Waals surface area (Å²) in [5.74, 6) is -1.04. The van der Waals surface area contributed by atoms with Gasteiger partial charge in [-0.05, 0) is 73.6 Å². The lowest BCUT2D eigenvalue weighted by Crippen LogP contribution is -2.24. The number of carboxylic acid groups (broad SMARTS) is 1. The number of hydrogen-bond acceptors (Lipinski definition) is 6. The summed E-state index contributed by atoms with van der Waals surface area (Å²) in [6.07, 6.45) is 1.66. The van der Waals surface area contributed by atoms with Crippen molar-refractivity contribution in [2.75, 3.05) is 6.54 Å². The highest BCUT2D eigenvalue weighted by Crippen LogP contribution is 2.34. The Bertz CT molecular complexity index is 1280. The van der Waals surface area contributed by atoms with Gasteiger partial charge in [0.05, 0.1) is 21.0 Å². The normalized spacial score (nSPS) is 12.1. The SMILES string of the molecule is CC(C)(O)c1ccc2c(CCCCNS(=O)(=O)c3ccc([N+](=O)[O-])cc3)cc(C(=O)O)c-2cc1. The molecule has 0 radical (unpaired) electrons. The lowest BCUT2D eigenvalue weighted by molar-refractivity contribution is -0.384. The van der Waals surface area contributed by atoms with Gasteiger partial charge in [-0.2, -0.15) is 0 Å². The number of hydrogen-bond donors (Lipinski definition) is 3. The summed E-state index contributed by atoms with van der Waals surface area (Å²) in [7, 11) is -3.79. The van der Waals surface area contributed by atoms with Crippen molar-refractivity contribution >= 4 is 21.7 Å². The molecule has 0 saturated heterocycles. The van der Waals surface area contributed by atoms with E-state index in [-0.39, 0.29) is 22.7 Å². The number of rotatable bonds is 10. The third-order valence-corrected chi connectivity index (χ3v) is 7.04. The topological polar surface area (TPSA) is 147 Å². The van der Waals surface area contributed by atoms with E-state index < -0.39 is 26.5 Å². The van der Waals surface area contributed by atoms with Gasteiger partial charge in [0.15, 0.2) is 0 Å². The first-order valence-corrected chi connectivity index (χ1v) is 12.1. The summed E-state index contributed by atoms with van der Waals surface area (Å²) in [4.78, 5) is 21.8. The van der Waals surface area contributed by atoms with Gasteiger partial charge >= 0.3 is 5.97 Å². The van der Waals surface area contributed by atoms with E-state index in [1.165, 1.54) is 12.1 Å². The number of non-ortho nitro benzene ring substituents is 1. The number of fused-ring (bicyclic) bond motifs is 1. The van der Waals surface area contributed by atoms with E-state index in [0.717, 1.165) is 23.3 Å². The van der Waals surface area contributed by atoms with Crippen molar-refractivity contribution < 1.29 is 28.3 Å². The second-order valence-electron chi connectivity index (χ2n) is 8.50. The Morgan fingerprint density at radius 3 is 2.21 bits per heavy atom. The van der Waals surface area contributed by atoms with Crippen molar-refractivity contribution in [3.05, 3.63) is 81.4 Å². The van der Waals surface area contributed by atoms with Crippen molar-refractivity contribution in [3.63, 3.8) is 0 Å². The minimum atomic E-state index is -3.79. The van der Waals surface area contributed by atoms with Gasteiger partial charge in [0, 0.05) is 18.7 Å². The molecule has 3 N–H and O–H groups in total. The maximum absolute atomic E-state index is 12.4. The first-order chi connectivity index (χ1) is 15.9. The van der Waals surface area contributed by atoms with Gasteiger partial charge in [-0.15, -0.1) is 0 Å². The van der Waals surface area contributed by atoms with Crippen LogP contribution in [0.2, 0.25) is 0 Å². The molecule has 0 fully saturated rings. The molecule has 0 aliphatic heterocycles. The van der Waals surface area contributed by atoms with Crippen molar-refractivity contribution in [1.29, 1.82) is 0 Å². The number of aliphatic hydroxyl groups is 1. The molecule has 9 nitrogen and oxygen atoms in total. The highest BCUT2D eigenvalue weighted by molar-refractivity contribution is 7.89. The zero-order valence-electron chi connectivity index (χ0n) is 18.8. The van der Waals surface area contributed by atoms with Gasteiger partial charge in [0.25, 0.3) is 5.69 Å². The summed E-state index contributed by atoms with van der Waals surface area (Å²) in [5.41, 5.74) is 1.78. The Hall–Kier alpha value is -3.34. The smallest absolute Gasteiger partial charge is 0.336 e. The van der Waals surface area contributed by atoms with Gasteiger partial charge in [-0.25, -0.2) is 17.9 Å². The number of nitro benzene ring substituents is 1. The highest BCUT2D eigenvalue weighted by Gasteiger charge is 2.22. The van der Waals surface area contributed by atoms with Crippen LogP contribution in [0.25, 0.3) is 11.1 Å². The lowest BCUT2D eigenvalue weighted by Gasteiger charge is -2.15. The van der Waals surface area contributed by atoms with Crippen molar-refractivity contribution in [2.24, 2.45) is 0 Å². The van der Waals surface area contributed by atoms with Gasteiger partial charge in [0.2, 0.25) is 10.0 Å². The fourth-order valence-electron chi connectivity index (χ4n) is 3.69. The molecule has 2 aliphatic carbocycles. The van der Waals surface area contributed by atoms with E-state index in [1.807, 2.05) is 6.07 Å². The van der Waals surface area contributed by atoms with Crippen LogP contribution in [-0.4, -0.2) is 36.1 Å². The quantitative estimate of drug-likeness (QED) is 0.223. The van der Waals surface area contributed by atoms with Gasteiger partial charge < -0.3 is 10.2 Å². The monoisotopic (exact) mass is 486 g/mol. The van der Waals surface area contributed by atoms with E-state index >= 15 is 0 Å². The Balaban J connectivity index is 1.66. The standard InChI is InChI=1S/C24H26N2O7S/c1-24(2,29)17-6-12-20-16(15-22(23(27)28)21(20)13-7-17)5-3-4-14-25-34(32,33)19-10-8-18(9-11-19)26(30)31/h6-13,15,25,29H,3-5,14H2,1-2H3,(H,27,28). The molecule has 34 heavy (non-hydrogen) atoms. The molecule has 0 aromatic heterocycles. The zero-order chi connectivity index (χ0) is 25.1. The number of nitrogens with zero attached hydrogens (tertiary/aromatic N) is 1. The molecular formula is C24H26N2O7S. The number of carboxylic acids is 1. The van der Waals surface area contributed by atoms with Crippen LogP contribution in [-0.2, 0) is 22.0 Å². The molecule has 2 aliphatic rings. The molecule has 0 unspecified atom stereocenters. The van der Waals surface area contributed by atoms with Crippen LogP contribution in [0.5, 0.6) is 0 Å². The van der Waals surface area contributed by atoms with Crippen molar-refractivity contribution in [3.8, 4) is 11.1 Å². The molecule has 180 valence electrons. The Morgan fingerprint density at radius 2 is 1.65 bits per heavy atom. The van der Waals surface area contributed by atoms with Crippen molar-refractivity contribution in [1.82, 2.24) is 4.72 Å². The highest BCUT2D eigenvalue weighted by atomic mass is 32.2. The number of unbranched alkanes of at least 4 members (excludes halogenated alkanes) is 1. The predicted molar refractivity (Wildman–Crippen MR) is 126 cm³/mol. The minimum Gasteiger partial charge on any atom is -0.478 e. The molecule has 3 rings (SSSR count). The second kappa shape index (κ2) is 9.88. The van der Waals surface area contributed by atoms with Crippen LogP contribution in [0.1, 0.15) is 48.2 Å². The molecule has 1 aromatic rings. The average molecular weight is 487 g/mol. The Labute approximate surface area is 197 Å². The molecule has 0 amide bonds. The van der Waals surface area contributed by atoms with Crippen LogP contribution in [0.3, 0.4) is 0 Å². The zero-order valence-corrected chi connectivity index (χ0v) is 19.6.